The Balaban J connectivity index is 1.74. The average molecular weight is 385 g/mol. The fourth-order valence-corrected chi connectivity index (χ4v) is 3.40. The fourth-order valence-electron chi connectivity index (χ4n) is 3.40. The molecule has 1 aliphatic heterocycles. The molecule has 0 aromatic heterocycles. The normalized spacial score (nSPS) is 19.2. The smallest absolute Gasteiger partial charge is 0.338 e. The van der Waals surface area contributed by atoms with Gasteiger partial charge in [-0.1, -0.05) is 18.2 Å². The standard InChI is InChI=1S/C21H23NO6/c1-26-16-8-9-19(27-2)15(10-16)12-22-13-17(11-18(22)20(23)24)28-21(25)14-6-4-3-5-7-14/h3-10,17-18H,11-13H2,1-2H3,(H,23,24). The van der Waals surface area contributed by atoms with Crippen molar-refractivity contribution in [1.29, 1.82) is 0 Å². The van der Waals surface area contributed by atoms with Crippen molar-refractivity contribution in [3.8, 4) is 11.5 Å². The first-order valence-corrected chi connectivity index (χ1v) is 8.95. The van der Waals surface area contributed by atoms with Crippen molar-refractivity contribution in [1.82, 2.24) is 4.90 Å². The maximum absolute atomic E-state index is 12.3. The number of hydrogen-bond acceptors (Lipinski definition) is 6. The van der Waals surface area contributed by atoms with E-state index in [0.717, 1.165) is 5.56 Å². The molecule has 3 rings (SSSR count). The van der Waals surface area contributed by atoms with E-state index in [1.165, 1.54) is 0 Å². The van der Waals surface area contributed by atoms with Crippen LogP contribution >= 0.6 is 0 Å². The van der Waals surface area contributed by atoms with E-state index >= 15 is 0 Å². The minimum Gasteiger partial charge on any atom is -0.497 e. The summed E-state index contributed by atoms with van der Waals surface area (Å²) >= 11 is 0. The molecule has 1 aliphatic rings. The predicted octanol–water partition coefficient (Wildman–Crippen LogP) is 2.59. The van der Waals surface area contributed by atoms with E-state index in [9.17, 15) is 14.7 Å². The van der Waals surface area contributed by atoms with E-state index in [2.05, 4.69) is 0 Å². The van der Waals surface area contributed by atoms with Crippen LogP contribution in [0.2, 0.25) is 0 Å². The summed E-state index contributed by atoms with van der Waals surface area (Å²) in [6.07, 6.45) is -0.259. The van der Waals surface area contributed by atoms with E-state index in [1.54, 1.807) is 55.5 Å². The molecular weight excluding hydrogens is 362 g/mol. The van der Waals surface area contributed by atoms with E-state index in [4.69, 9.17) is 14.2 Å². The molecule has 0 spiro atoms. The van der Waals surface area contributed by atoms with Gasteiger partial charge in [-0.2, -0.15) is 0 Å². The highest BCUT2D eigenvalue weighted by Crippen LogP contribution is 2.29. The molecule has 1 N–H and O–H groups in total. The minimum atomic E-state index is -0.944. The van der Waals surface area contributed by atoms with Gasteiger partial charge in [-0.3, -0.25) is 9.69 Å². The second kappa shape index (κ2) is 8.75. The van der Waals surface area contributed by atoms with Crippen LogP contribution in [0.3, 0.4) is 0 Å². The Morgan fingerprint density at radius 1 is 1.11 bits per heavy atom. The molecule has 1 heterocycles. The zero-order valence-corrected chi connectivity index (χ0v) is 15.8. The number of carboxylic acid groups (broad SMARTS) is 1. The summed E-state index contributed by atoms with van der Waals surface area (Å²) < 4.78 is 16.2. The Bertz CT molecular complexity index is 838. The highest BCUT2D eigenvalue weighted by atomic mass is 16.5. The first-order chi connectivity index (χ1) is 13.5. The SMILES string of the molecule is COc1ccc(OC)c(CN2CC(OC(=O)c3ccccc3)CC2C(=O)O)c1. The minimum absolute atomic E-state index is 0.236. The van der Waals surface area contributed by atoms with Crippen LogP contribution in [-0.2, 0) is 16.1 Å². The second-order valence-electron chi connectivity index (χ2n) is 6.59. The third kappa shape index (κ3) is 4.43. The van der Waals surface area contributed by atoms with E-state index in [1.807, 2.05) is 12.1 Å². The lowest BCUT2D eigenvalue weighted by molar-refractivity contribution is -0.142. The number of carbonyl (C=O) groups excluding carboxylic acids is 1. The summed E-state index contributed by atoms with van der Waals surface area (Å²) in [5.41, 5.74) is 1.26. The van der Waals surface area contributed by atoms with Crippen LogP contribution in [0.1, 0.15) is 22.3 Å². The molecule has 2 aromatic carbocycles. The number of benzene rings is 2. The lowest BCUT2D eigenvalue weighted by atomic mass is 10.1. The molecule has 0 bridgehead atoms. The molecule has 0 saturated carbocycles. The van der Waals surface area contributed by atoms with Gasteiger partial charge in [-0.05, 0) is 30.3 Å². The molecule has 148 valence electrons. The quantitative estimate of drug-likeness (QED) is 0.733. The second-order valence-corrected chi connectivity index (χ2v) is 6.59. The number of carbonyl (C=O) groups is 2. The molecule has 0 radical (unpaired) electrons. The van der Waals surface area contributed by atoms with E-state index in [-0.39, 0.29) is 6.42 Å². The average Bonchev–Trinajstić information content (AvgIpc) is 3.11. The van der Waals surface area contributed by atoms with Crippen molar-refractivity contribution in [2.24, 2.45) is 0 Å². The summed E-state index contributed by atoms with van der Waals surface area (Å²) in [5, 5.41) is 9.62. The maximum Gasteiger partial charge on any atom is 0.338 e. The van der Waals surface area contributed by atoms with Crippen LogP contribution in [0, 0.1) is 0 Å². The molecule has 1 saturated heterocycles. The molecule has 28 heavy (non-hydrogen) atoms. The number of hydrogen-bond donors (Lipinski definition) is 1. The Kier molecular flexibility index (Phi) is 6.16. The van der Waals surface area contributed by atoms with Crippen LogP contribution in [0.15, 0.2) is 48.5 Å². The van der Waals surface area contributed by atoms with Crippen molar-refractivity contribution in [3.05, 3.63) is 59.7 Å². The van der Waals surface area contributed by atoms with Crippen molar-refractivity contribution in [2.45, 2.75) is 25.1 Å². The third-order valence-electron chi connectivity index (χ3n) is 4.79. The summed E-state index contributed by atoms with van der Waals surface area (Å²) in [7, 11) is 3.13. The summed E-state index contributed by atoms with van der Waals surface area (Å²) in [6.45, 7) is 0.673. The van der Waals surface area contributed by atoms with Gasteiger partial charge in [0.25, 0.3) is 0 Å². The molecule has 0 aliphatic carbocycles. The largest absolute Gasteiger partial charge is 0.497 e. The van der Waals surface area contributed by atoms with Gasteiger partial charge in [0, 0.05) is 25.1 Å². The monoisotopic (exact) mass is 385 g/mol. The Labute approximate surface area is 163 Å². The van der Waals surface area contributed by atoms with Gasteiger partial charge < -0.3 is 19.3 Å². The molecule has 2 atom stereocenters. The topological polar surface area (TPSA) is 85.3 Å². The number of ether oxygens (including phenoxy) is 3. The molecular formula is C21H23NO6. The maximum atomic E-state index is 12.3. The lowest BCUT2D eigenvalue weighted by Crippen LogP contribution is -2.35. The zero-order valence-electron chi connectivity index (χ0n) is 15.8. The number of aliphatic carboxylic acids is 1. The predicted molar refractivity (Wildman–Crippen MR) is 102 cm³/mol. The number of esters is 1. The first kappa shape index (κ1) is 19.7. The van der Waals surface area contributed by atoms with Gasteiger partial charge in [-0.15, -0.1) is 0 Å². The van der Waals surface area contributed by atoms with Gasteiger partial charge >= 0.3 is 11.9 Å². The number of methoxy groups -OCH3 is 2. The van der Waals surface area contributed by atoms with Crippen LogP contribution < -0.4 is 9.47 Å². The van der Waals surface area contributed by atoms with Crippen LogP contribution in [0.5, 0.6) is 11.5 Å². The summed E-state index contributed by atoms with van der Waals surface area (Å²) in [5.74, 6) is -0.0840. The number of carboxylic acids is 1. The van der Waals surface area contributed by atoms with Crippen LogP contribution in [0.4, 0.5) is 0 Å². The fraction of sp³-hybridized carbons (Fsp3) is 0.333. The third-order valence-corrected chi connectivity index (χ3v) is 4.79. The van der Waals surface area contributed by atoms with Crippen molar-refractivity contribution >= 4 is 11.9 Å². The Morgan fingerprint density at radius 3 is 2.50 bits per heavy atom. The van der Waals surface area contributed by atoms with E-state index < -0.39 is 24.1 Å². The molecule has 1 fully saturated rings. The van der Waals surface area contributed by atoms with Crippen LogP contribution in [0.25, 0.3) is 0 Å². The first-order valence-electron chi connectivity index (χ1n) is 8.95. The summed E-state index contributed by atoms with van der Waals surface area (Å²) in [6, 6.07) is 13.3. The number of likely N-dealkylation sites (tertiary alicyclic amines) is 1. The van der Waals surface area contributed by atoms with Gasteiger partial charge in [0.2, 0.25) is 0 Å². The van der Waals surface area contributed by atoms with Crippen LogP contribution in [-0.4, -0.2) is 54.9 Å². The van der Waals surface area contributed by atoms with Gasteiger partial charge in [0.15, 0.2) is 0 Å². The zero-order chi connectivity index (χ0) is 20.1. The molecule has 7 nitrogen and oxygen atoms in total. The van der Waals surface area contributed by atoms with Gasteiger partial charge in [0.05, 0.1) is 19.8 Å². The lowest BCUT2D eigenvalue weighted by Gasteiger charge is -2.22. The highest BCUT2D eigenvalue weighted by molar-refractivity contribution is 5.89. The molecule has 7 heteroatoms. The molecule has 0 amide bonds. The molecule has 2 unspecified atom stereocenters. The number of nitrogens with zero attached hydrogens (tertiary/aromatic N) is 1. The van der Waals surface area contributed by atoms with Crippen molar-refractivity contribution in [3.63, 3.8) is 0 Å². The number of rotatable bonds is 7. The van der Waals surface area contributed by atoms with Crippen molar-refractivity contribution in [2.75, 3.05) is 20.8 Å². The van der Waals surface area contributed by atoms with Gasteiger partial charge in [-0.25, -0.2) is 4.79 Å². The van der Waals surface area contributed by atoms with Crippen molar-refractivity contribution < 1.29 is 28.9 Å². The highest BCUT2D eigenvalue weighted by Gasteiger charge is 2.39. The Hall–Kier alpha value is -3.06. The molecule has 2 aromatic rings. The van der Waals surface area contributed by atoms with E-state index in [0.29, 0.717) is 30.2 Å². The Morgan fingerprint density at radius 2 is 1.86 bits per heavy atom. The summed E-state index contributed by atoms with van der Waals surface area (Å²) in [4.78, 5) is 25.8. The van der Waals surface area contributed by atoms with Gasteiger partial charge in [0.1, 0.15) is 23.6 Å².